The number of halogens is 1. The molecule has 0 unspecified atom stereocenters. The highest BCUT2D eigenvalue weighted by Gasteiger charge is 2.23. The van der Waals surface area contributed by atoms with E-state index in [1.807, 2.05) is 24.1 Å². The largest absolute Gasteiger partial charge is 0.486 e. The fraction of sp³-hybridized carbons (Fsp3) is 0.312. The molecular weight excluding hydrogens is 507 g/mol. The van der Waals surface area contributed by atoms with Crippen LogP contribution in [0.3, 0.4) is 0 Å². The van der Waals surface area contributed by atoms with Gasteiger partial charge in [-0.05, 0) is 53.8 Å². The molecule has 8 heteroatoms. The topological polar surface area (TPSA) is 86.7 Å². The zero-order valence-electron chi connectivity index (χ0n) is 23.3. The number of hydrogen-bond donors (Lipinski definition) is 3. The number of pyridine rings is 1. The number of carbonyl (C=O) groups is 1. The van der Waals surface area contributed by atoms with E-state index in [2.05, 4.69) is 47.8 Å². The normalized spacial score (nSPS) is 12.3. The molecule has 3 rings (SSSR count). The number of ether oxygens (including phenoxy) is 1. The summed E-state index contributed by atoms with van der Waals surface area (Å²) in [5.74, 6) is -0.134. The number of nitrogens with one attached hydrogen (secondary N) is 2. The van der Waals surface area contributed by atoms with E-state index < -0.39 is 18.0 Å². The molecule has 212 valence electrons. The van der Waals surface area contributed by atoms with E-state index in [4.69, 9.17) is 4.74 Å². The minimum absolute atomic E-state index is 0.119. The lowest BCUT2D eigenvalue weighted by Gasteiger charge is -2.25. The van der Waals surface area contributed by atoms with Crippen LogP contribution in [-0.2, 0) is 19.4 Å². The molecule has 0 aliphatic rings. The molecule has 0 fully saturated rings. The SMILES string of the molecule is C=CCOc1ccc(C[C@H](NC(=O)c2ccnc(N(C)CC=C)c2)[C@@H](O)CNCc2cccc(CC)c2)cc1F. The van der Waals surface area contributed by atoms with Gasteiger partial charge in [0.05, 0.1) is 12.1 Å². The van der Waals surface area contributed by atoms with Gasteiger partial charge < -0.3 is 25.4 Å². The number of nitrogens with zero attached hydrogens (tertiary/aromatic N) is 2. The first-order valence-electron chi connectivity index (χ1n) is 13.4. The van der Waals surface area contributed by atoms with E-state index in [0.717, 1.165) is 12.0 Å². The quantitative estimate of drug-likeness (QED) is 0.230. The Labute approximate surface area is 236 Å². The first kappa shape index (κ1) is 30.5. The van der Waals surface area contributed by atoms with E-state index in [9.17, 15) is 14.3 Å². The Morgan fingerprint density at radius 1 is 1.12 bits per heavy atom. The lowest BCUT2D eigenvalue weighted by atomic mass is 10.00. The van der Waals surface area contributed by atoms with Crippen LogP contribution in [0.5, 0.6) is 5.75 Å². The summed E-state index contributed by atoms with van der Waals surface area (Å²) in [5, 5.41) is 17.4. The summed E-state index contributed by atoms with van der Waals surface area (Å²) in [6, 6.07) is 15.5. The fourth-order valence-corrected chi connectivity index (χ4v) is 4.25. The van der Waals surface area contributed by atoms with Crippen LogP contribution >= 0.6 is 0 Å². The fourth-order valence-electron chi connectivity index (χ4n) is 4.25. The molecule has 7 nitrogen and oxygen atoms in total. The highest BCUT2D eigenvalue weighted by molar-refractivity contribution is 5.95. The Hall–Kier alpha value is -4.01. The van der Waals surface area contributed by atoms with Crippen LogP contribution in [0.1, 0.15) is 34.0 Å². The van der Waals surface area contributed by atoms with Gasteiger partial charge in [-0.25, -0.2) is 9.37 Å². The van der Waals surface area contributed by atoms with Crippen molar-refractivity contribution in [3.8, 4) is 5.75 Å². The maximum Gasteiger partial charge on any atom is 0.251 e. The number of aliphatic hydroxyl groups is 1. The van der Waals surface area contributed by atoms with Crippen LogP contribution in [0.25, 0.3) is 0 Å². The molecule has 3 N–H and O–H groups in total. The summed E-state index contributed by atoms with van der Waals surface area (Å²) in [6.07, 6.45) is 5.08. The molecule has 0 saturated heterocycles. The van der Waals surface area contributed by atoms with Crippen molar-refractivity contribution in [3.05, 3.63) is 114 Å². The molecule has 2 aromatic carbocycles. The van der Waals surface area contributed by atoms with Crippen LogP contribution in [0, 0.1) is 5.82 Å². The molecular formula is C32H39FN4O3. The van der Waals surface area contributed by atoms with Crippen LogP contribution in [0.2, 0.25) is 0 Å². The van der Waals surface area contributed by atoms with E-state index in [1.54, 1.807) is 42.6 Å². The summed E-state index contributed by atoms with van der Waals surface area (Å²) in [7, 11) is 1.86. The lowest BCUT2D eigenvalue weighted by molar-refractivity contribution is 0.0829. The second-order valence-electron chi connectivity index (χ2n) is 9.59. The highest BCUT2D eigenvalue weighted by atomic mass is 19.1. The van der Waals surface area contributed by atoms with Crippen LogP contribution in [0.4, 0.5) is 10.2 Å². The number of rotatable bonds is 16. The van der Waals surface area contributed by atoms with Gasteiger partial charge in [0, 0.05) is 38.4 Å². The summed E-state index contributed by atoms with van der Waals surface area (Å²) in [5.41, 5.74) is 3.37. The number of aromatic nitrogens is 1. The van der Waals surface area contributed by atoms with Gasteiger partial charge in [0.25, 0.3) is 5.91 Å². The molecule has 1 amide bonds. The van der Waals surface area contributed by atoms with E-state index >= 15 is 0 Å². The monoisotopic (exact) mass is 546 g/mol. The van der Waals surface area contributed by atoms with Crippen LogP contribution in [-0.4, -0.2) is 54.9 Å². The first-order valence-corrected chi connectivity index (χ1v) is 13.4. The number of carbonyl (C=O) groups excluding carboxylic acids is 1. The number of benzene rings is 2. The maximum atomic E-state index is 14.6. The highest BCUT2D eigenvalue weighted by Crippen LogP contribution is 2.20. The average Bonchev–Trinajstić information content (AvgIpc) is 2.96. The molecule has 0 saturated carbocycles. The molecule has 0 bridgehead atoms. The smallest absolute Gasteiger partial charge is 0.251 e. The molecule has 2 atom stereocenters. The molecule has 40 heavy (non-hydrogen) atoms. The number of hydrogen-bond acceptors (Lipinski definition) is 6. The van der Waals surface area contributed by atoms with Crippen molar-refractivity contribution in [1.29, 1.82) is 0 Å². The molecule has 1 aromatic heterocycles. The van der Waals surface area contributed by atoms with Gasteiger partial charge in [0.15, 0.2) is 11.6 Å². The van der Waals surface area contributed by atoms with Gasteiger partial charge in [0.1, 0.15) is 12.4 Å². The van der Waals surface area contributed by atoms with Gasteiger partial charge in [-0.1, -0.05) is 56.0 Å². The third-order valence-corrected chi connectivity index (χ3v) is 6.47. The van der Waals surface area contributed by atoms with Crippen molar-refractivity contribution in [1.82, 2.24) is 15.6 Å². The third-order valence-electron chi connectivity index (χ3n) is 6.47. The van der Waals surface area contributed by atoms with Crippen molar-refractivity contribution in [2.24, 2.45) is 0 Å². The summed E-state index contributed by atoms with van der Waals surface area (Å²) < 4.78 is 20.0. The Morgan fingerprint density at radius 2 is 1.93 bits per heavy atom. The number of likely N-dealkylation sites (N-methyl/N-ethyl adjacent to an activating group) is 1. The van der Waals surface area contributed by atoms with Gasteiger partial charge in [0.2, 0.25) is 0 Å². The van der Waals surface area contributed by atoms with E-state index in [1.165, 1.54) is 11.6 Å². The molecule has 0 radical (unpaired) electrons. The number of aliphatic hydroxyl groups excluding tert-OH is 1. The van der Waals surface area contributed by atoms with E-state index in [-0.39, 0.29) is 31.2 Å². The molecule has 0 aliphatic carbocycles. The predicted molar refractivity (Wildman–Crippen MR) is 158 cm³/mol. The predicted octanol–water partition coefficient (Wildman–Crippen LogP) is 4.46. The Kier molecular flexibility index (Phi) is 11.9. The standard InChI is InChI=1S/C32H39FN4O3/c1-5-15-37(4)31-20-26(13-14-35-31)32(39)36-28(19-24-11-12-30(27(33)18-24)40-16-6-2)29(38)22-34-21-25-10-8-9-23(7-3)17-25/h5-6,8-14,17-18,20,28-29,34,38H,1-2,7,15-16,19,21-22H2,3-4H3,(H,36,39)/t28-,29-/m0/s1. The van der Waals surface area contributed by atoms with Crippen molar-refractivity contribution in [3.63, 3.8) is 0 Å². The minimum atomic E-state index is -0.942. The Bertz CT molecular complexity index is 1280. The van der Waals surface area contributed by atoms with Crippen LogP contribution < -0.4 is 20.3 Å². The minimum Gasteiger partial charge on any atom is -0.486 e. The zero-order chi connectivity index (χ0) is 28.9. The second kappa shape index (κ2) is 15.5. The average molecular weight is 547 g/mol. The Balaban J connectivity index is 1.75. The van der Waals surface area contributed by atoms with Crippen molar-refractivity contribution < 1.29 is 19.0 Å². The van der Waals surface area contributed by atoms with Gasteiger partial charge >= 0.3 is 0 Å². The first-order chi connectivity index (χ1) is 19.3. The molecule has 1 heterocycles. The molecule has 3 aromatic rings. The number of anilines is 1. The zero-order valence-corrected chi connectivity index (χ0v) is 23.3. The lowest BCUT2D eigenvalue weighted by Crippen LogP contribution is -2.48. The summed E-state index contributed by atoms with van der Waals surface area (Å²) >= 11 is 0. The third kappa shape index (κ3) is 9.03. The molecule has 0 aliphatic heterocycles. The van der Waals surface area contributed by atoms with Crippen molar-refractivity contribution in [2.45, 2.75) is 38.5 Å². The Morgan fingerprint density at radius 3 is 2.65 bits per heavy atom. The molecule has 0 spiro atoms. The second-order valence-corrected chi connectivity index (χ2v) is 9.59. The number of aryl methyl sites for hydroxylation is 1. The number of amides is 1. The van der Waals surface area contributed by atoms with Gasteiger partial charge in [-0.2, -0.15) is 0 Å². The van der Waals surface area contributed by atoms with Crippen LogP contribution in [0.15, 0.2) is 86.1 Å². The van der Waals surface area contributed by atoms with E-state index in [0.29, 0.717) is 30.0 Å². The van der Waals surface area contributed by atoms with Crippen molar-refractivity contribution >= 4 is 11.7 Å². The van der Waals surface area contributed by atoms with Crippen molar-refractivity contribution in [2.75, 3.05) is 31.6 Å². The summed E-state index contributed by atoms with van der Waals surface area (Å²) in [4.78, 5) is 19.5. The summed E-state index contributed by atoms with van der Waals surface area (Å²) in [6.45, 7) is 11.0. The maximum absolute atomic E-state index is 14.6. The van der Waals surface area contributed by atoms with Gasteiger partial charge in [-0.15, -0.1) is 6.58 Å². The van der Waals surface area contributed by atoms with Gasteiger partial charge in [-0.3, -0.25) is 4.79 Å².